The second-order valence-corrected chi connectivity index (χ2v) is 3.26. The number of carboxylic acids is 1. The molecule has 1 atom stereocenters. The lowest BCUT2D eigenvalue weighted by Crippen LogP contribution is -2.35. The van der Waals surface area contributed by atoms with E-state index in [0.29, 0.717) is 19.4 Å². The number of likely N-dealkylation sites (N-methyl/N-ethyl adjacent to an activating group) is 1. The van der Waals surface area contributed by atoms with Crippen molar-refractivity contribution in [1.29, 1.82) is 0 Å². The zero-order chi connectivity index (χ0) is 11.1. The van der Waals surface area contributed by atoms with Gasteiger partial charge in [-0.2, -0.15) is 0 Å². The Bertz CT molecular complexity index is 206. The maximum absolute atomic E-state index is 10.8. The van der Waals surface area contributed by atoms with Crippen LogP contribution in [0.15, 0.2) is 0 Å². The van der Waals surface area contributed by atoms with Crippen LogP contribution in [0.2, 0.25) is 0 Å². The maximum Gasteiger partial charge on any atom is 0.320 e. The van der Waals surface area contributed by atoms with Crippen molar-refractivity contribution in [3.05, 3.63) is 0 Å². The number of hydrogen-bond acceptors (Lipinski definition) is 3. The SMILES string of the molecule is CN[C@@H](CCCN(C)C(C)=O)C(=O)O. The van der Waals surface area contributed by atoms with E-state index in [0.717, 1.165) is 0 Å². The Kier molecular flexibility index (Phi) is 5.87. The number of nitrogens with one attached hydrogen (secondary N) is 1. The number of carbonyl (C=O) groups excluding carboxylic acids is 1. The Balaban J connectivity index is 3.71. The normalized spacial score (nSPS) is 12.2. The van der Waals surface area contributed by atoms with Crippen molar-refractivity contribution in [2.24, 2.45) is 0 Å². The molecule has 2 N–H and O–H groups in total. The van der Waals surface area contributed by atoms with Gasteiger partial charge in [0.1, 0.15) is 6.04 Å². The van der Waals surface area contributed by atoms with E-state index in [9.17, 15) is 9.59 Å². The zero-order valence-corrected chi connectivity index (χ0v) is 8.91. The highest BCUT2D eigenvalue weighted by Gasteiger charge is 2.14. The number of nitrogens with zero attached hydrogens (tertiary/aromatic N) is 1. The Morgan fingerprint density at radius 2 is 2.07 bits per heavy atom. The standard InChI is InChI=1S/C9H18N2O3/c1-7(12)11(3)6-4-5-8(10-2)9(13)14/h8,10H,4-6H2,1-3H3,(H,13,14)/t8-/m0/s1. The molecule has 0 aliphatic heterocycles. The molecule has 0 radical (unpaired) electrons. The molecule has 82 valence electrons. The summed E-state index contributed by atoms with van der Waals surface area (Å²) in [6.45, 7) is 2.09. The molecule has 0 saturated heterocycles. The van der Waals surface area contributed by atoms with Crippen LogP contribution in [0.3, 0.4) is 0 Å². The highest BCUT2D eigenvalue weighted by Crippen LogP contribution is 1.99. The third-order valence-electron chi connectivity index (χ3n) is 2.17. The van der Waals surface area contributed by atoms with Crippen molar-refractivity contribution in [3.8, 4) is 0 Å². The van der Waals surface area contributed by atoms with Crippen LogP contribution < -0.4 is 5.32 Å². The van der Waals surface area contributed by atoms with Crippen molar-refractivity contribution in [2.75, 3.05) is 20.6 Å². The van der Waals surface area contributed by atoms with Gasteiger partial charge in [0.25, 0.3) is 0 Å². The van der Waals surface area contributed by atoms with Gasteiger partial charge in [-0.1, -0.05) is 0 Å². The monoisotopic (exact) mass is 202 g/mol. The van der Waals surface area contributed by atoms with E-state index in [-0.39, 0.29) is 5.91 Å². The second kappa shape index (κ2) is 6.37. The van der Waals surface area contributed by atoms with Gasteiger partial charge in [0, 0.05) is 20.5 Å². The first-order valence-corrected chi connectivity index (χ1v) is 4.60. The van der Waals surface area contributed by atoms with Crippen LogP contribution in [0, 0.1) is 0 Å². The van der Waals surface area contributed by atoms with Crippen LogP contribution in [0.5, 0.6) is 0 Å². The first-order chi connectivity index (χ1) is 6.49. The Labute approximate surface area is 84.1 Å². The Morgan fingerprint density at radius 3 is 2.43 bits per heavy atom. The largest absolute Gasteiger partial charge is 0.480 e. The van der Waals surface area contributed by atoms with E-state index in [1.807, 2.05) is 0 Å². The molecule has 5 heteroatoms. The molecular weight excluding hydrogens is 184 g/mol. The van der Waals surface area contributed by atoms with Crippen LogP contribution in [-0.2, 0) is 9.59 Å². The number of amides is 1. The summed E-state index contributed by atoms with van der Waals surface area (Å²) in [6, 6.07) is -0.518. The van der Waals surface area contributed by atoms with Gasteiger partial charge in [0.15, 0.2) is 0 Å². The van der Waals surface area contributed by atoms with Crippen LogP contribution >= 0.6 is 0 Å². The van der Waals surface area contributed by atoms with E-state index in [4.69, 9.17) is 5.11 Å². The lowest BCUT2D eigenvalue weighted by Gasteiger charge is -2.16. The van der Waals surface area contributed by atoms with Crippen molar-refractivity contribution in [1.82, 2.24) is 10.2 Å². The molecule has 0 aromatic heterocycles. The fourth-order valence-corrected chi connectivity index (χ4v) is 1.08. The molecule has 5 nitrogen and oxygen atoms in total. The number of rotatable bonds is 6. The predicted molar refractivity (Wildman–Crippen MR) is 53.0 cm³/mol. The molecule has 0 heterocycles. The molecule has 0 aromatic carbocycles. The van der Waals surface area contributed by atoms with Gasteiger partial charge in [-0.05, 0) is 19.9 Å². The molecule has 0 saturated carbocycles. The lowest BCUT2D eigenvalue weighted by atomic mass is 10.1. The molecule has 0 aliphatic carbocycles. The molecule has 0 spiro atoms. The number of carboxylic acid groups (broad SMARTS) is 1. The molecule has 0 bridgehead atoms. The Morgan fingerprint density at radius 1 is 1.50 bits per heavy atom. The average Bonchev–Trinajstić information content (AvgIpc) is 2.11. The van der Waals surface area contributed by atoms with Crippen molar-refractivity contribution >= 4 is 11.9 Å². The highest BCUT2D eigenvalue weighted by atomic mass is 16.4. The molecule has 0 aliphatic rings. The van der Waals surface area contributed by atoms with E-state index in [2.05, 4.69) is 5.32 Å². The minimum atomic E-state index is -0.849. The van der Waals surface area contributed by atoms with Gasteiger partial charge in [0.2, 0.25) is 5.91 Å². The summed E-state index contributed by atoms with van der Waals surface area (Å²) in [6.07, 6.45) is 1.22. The number of carbonyl (C=O) groups is 2. The number of aliphatic carboxylic acids is 1. The van der Waals surface area contributed by atoms with Gasteiger partial charge in [-0.15, -0.1) is 0 Å². The summed E-state index contributed by atoms with van der Waals surface area (Å²) in [5, 5.41) is 11.4. The summed E-state index contributed by atoms with van der Waals surface area (Å²) in [7, 11) is 3.32. The van der Waals surface area contributed by atoms with Gasteiger partial charge >= 0.3 is 5.97 Å². The van der Waals surface area contributed by atoms with Crippen LogP contribution in [0.4, 0.5) is 0 Å². The fourth-order valence-electron chi connectivity index (χ4n) is 1.08. The van der Waals surface area contributed by atoms with E-state index < -0.39 is 12.0 Å². The first kappa shape index (κ1) is 12.9. The average molecular weight is 202 g/mol. The highest BCUT2D eigenvalue weighted by molar-refractivity contribution is 5.73. The molecule has 14 heavy (non-hydrogen) atoms. The topological polar surface area (TPSA) is 69.6 Å². The van der Waals surface area contributed by atoms with Crippen LogP contribution in [0.1, 0.15) is 19.8 Å². The molecular formula is C9H18N2O3. The van der Waals surface area contributed by atoms with E-state index in [1.54, 1.807) is 19.0 Å². The lowest BCUT2D eigenvalue weighted by molar-refractivity contribution is -0.139. The minimum Gasteiger partial charge on any atom is -0.480 e. The molecule has 1 amide bonds. The Hall–Kier alpha value is -1.10. The van der Waals surface area contributed by atoms with Gasteiger partial charge in [-0.3, -0.25) is 9.59 Å². The van der Waals surface area contributed by atoms with Gasteiger partial charge < -0.3 is 15.3 Å². The fraction of sp³-hybridized carbons (Fsp3) is 0.778. The second-order valence-electron chi connectivity index (χ2n) is 3.26. The van der Waals surface area contributed by atoms with E-state index in [1.165, 1.54) is 6.92 Å². The smallest absolute Gasteiger partial charge is 0.320 e. The van der Waals surface area contributed by atoms with E-state index >= 15 is 0 Å². The first-order valence-electron chi connectivity index (χ1n) is 4.60. The van der Waals surface area contributed by atoms with Crippen LogP contribution in [0.25, 0.3) is 0 Å². The summed E-state index contributed by atoms with van der Waals surface area (Å²) in [5.74, 6) is -0.848. The third-order valence-corrected chi connectivity index (χ3v) is 2.17. The molecule has 0 unspecified atom stereocenters. The van der Waals surface area contributed by atoms with Crippen molar-refractivity contribution in [3.63, 3.8) is 0 Å². The molecule has 0 fully saturated rings. The molecule has 0 aromatic rings. The third kappa shape index (κ3) is 4.81. The summed E-state index contributed by atoms with van der Waals surface area (Å²) < 4.78 is 0. The predicted octanol–water partition coefficient (Wildman–Crippen LogP) is -0.0825. The van der Waals surface area contributed by atoms with Gasteiger partial charge in [0.05, 0.1) is 0 Å². The maximum atomic E-state index is 10.8. The molecule has 0 rings (SSSR count). The van der Waals surface area contributed by atoms with Crippen molar-refractivity contribution in [2.45, 2.75) is 25.8 Å². The van der Waals surface area contributed by atoms with Gasteiger partial charge in [-0.25, -0.2) is 0 Å². The summed E-state index contributed by atoms with van der Waals surface area (Å²) in [5.41, 5.74) is 0. The quantitative estimate of drug-likeness (QED) is 0.632. The van der Waals surface area contributed by atoms with Crippen LogP contribution in [-0.4, -0.2) is 48.6 Å². The number of hydrogen-bond donors (Lipinski definition) is 2. The zero-order valence-electron chi connectivity index (χ0n) is 8.91. The minimum absolute atomic E-state index is 0.00123. The summed E-state index contributed by atoms with van der Waals surface area (Å²) >= 11 is 0. The summed E-state index contributed by atoms with van der Waals surface area (Å²) in [4.78, 5) is 23.0. The van der Waals surface area contributed by atoms with Crippen molar-refractivity contribution < 1.29 is 14.7 Å².